The van der Waals surface area contributed by atoms with Gasteiger partial charge in [-0.3, -0.25) is 19.3 Å². The van der Waals surface area contributed by atoms with E-state index in [9.17, 15) is 24.3 Å². The third-order valence-corrected chi connectivity index (χ3v) is 10.2. The highest BCUT2D eigenvalue weighted by atomic mass is 35.5. The van der Waals surface area contributed by atoms with Gasteiger partial charge in [0.05, 0.1) is 0 Å². The first-order chi connectivity index (χ1) is 20.6. The van der Waals surface area contributed by atoms with Crippen LogP contribution in [0.3, 0.4) is 0 Å². The van der Waals surface area contributed by atoms with E-state index in [1.165, 1.54) is 45.1 Å². The number of anilines is 2. The maximum atomic E-state index is 13.3. The molecule has 0 aliphatic carbocycles. The SMILES string of the molecule is Cc1nnc(SCC2=C(C(=O)O)N3C(=O)C(NC(=O)C(=NOCC(=O)Nc4cccc(Cl)c4)c4csc(N)n4)[C@@H]3SC2)s1. The minimum absolute atomic E-state index is 0.0764. The summed E-state index contributed by atoms with van der Waals surface area (Å²) in [5.74, 6) is -2.54. The van der Waals surface area contributed by atoms with Crippen molar-refractivity contribution in [3.63, 3.8) is 0 Å². The van der Waals surface area contributed by atoms with E-state index in [-0.39, 0.29) is 22.2 Å². The number of benzene rings is 1. The van der Waals surface area contributed by atoms with Crippen LogP contribution >= 0.6 is 57.8 Å². The summed E-state index contributed by atoms with van der Waals surface area (Å²) in [6.45, 7) is 1.28. The van der Waals surface area contributed by atoms with E-state index in [1.54, 1.807) is 24.3 Å². The Balaban J connectivity index is 1.26. The Bertz CT molecular complexity index is 1660. The van der Waals surface area contributed by atoms with Crippen LogP contribution in [-0.2, 0) is 24.0 Å². The number of amides is 3. The molecule has 0 radical (unpaired) electrons. The summed E-state index contributed by atoms with van der Waals surface area (Å²) in [7, 11) is 0. The van der Waals surface area contributed by atoms with Crippen molar-refractivity contribution in [2.24, 2.45) is 5.16 Å². The Kier molecular flexibility index (Phi) is 9.50. The van der Waals surface area contributed by atoms with Crippen molar-refractivity contribution in [3.8, 4) is 0 Å². The fourth-order valence-electron chi connectivity index (χ4n) is 4.01. The van der Waals surface area contributed by atoms with E-state index < -0.39 is 41.7 Å². The van der Waals surface area contributed by atoms with Crippen LogP contribution in [0.25, 0.3) is 0 Å². The highest BCUT2D eigenvalue weighted by Gasteiger charge is 2.54. The Labute approximate surface area is 265 Å². The number of β-lactam (4-membered cyclic amide) rings is 1. The Hall–Kier alpha value is -3.71. The fourth-order valence-corrected chi connectivity index (χ4v) is 8.05. The molecular formula is C24H21ClN8O6S4. The Morgan fingerprint density at radius 2 is 2.14 bits per heavy atom. The highest BCUT2D eigenvalue weighted by Crippen LogP contribution is 2.41. The number of carboxylic acids is 1. The first-order valence-electron chi connectivity index (χ1n) is 12.2. The third kappa shape index (κ3) is 7.10. The van der Waals surface area contributed by atoms with Gasteiger partial charge in [-0.15, -0.1) is 33.3 Å². The molecule has 1 saturated heterocycles. The smallest absolute Gasteiger partial charge is 0.352 e. The van der Waals surface area contributed by atoms with Gasteiger partial charge in [-0.2, -0.15) is 0 Å². The molecule has 5 rings (SSSR count). The number of carbonyl (C=O) groups excluding carboxylic acids is 3. The highest BCUT2D eigenvalue weighted by molar-refractivity contribution is 8.01. The normalized spacial score (nSPS) is 18.1. The standard InChI is InChI=1S/C24H21ClN8O6S4/c1-10-30-31-24(43-10)42-8-11-7-40-21-17(20(36)33(21)18(11)22(37)38)29-19(35)16(14-9-41-23(26)28-14)32-39-6-15(34)27-13-4-2-3-12(25)5-13/h2-5,9,17,21H,6-8H2,1H3,(H2,26,28)(H,27,34)(H,29,35)(H,37,38)/t17?,21-/m0/s1. The van der Waals surface area contributed by atoms with Crippen molar-refractivity contribution >= 4 is 98.0 Å². The first-order valence-corrected chi connectivity index (χ1v) is 16.3. The predicted molar refractivity (Wildman–Crippen MR) is 164 cm³/mol. The fraction of sp³-hybridized carbons (Fsp3) is 0.250. The molecule has 1 aromatic carbocycles. The number of oxime groups is 1. The number of aryl methyl sites for hydroxylation is 1. The number of thiazole rings is 1. The number of nitrogens with two attached hydrogens (primary N) is 1. The van der Waals surface area contributed by atoms with Gasteiger partial charge in [0.2, 0.25) is 0 Å². The maximum absolute atomic E-state index is 13.3. The van der Waals surface area contributed by atoms with Gasteiger partial charge in [0.15, 0.2) is 21.8 Å². The van der Waals surface area contributed by atoms with Crippen LogP contribution in [0.5, 0.6) is 0 Å². The molecule has 4 heterocycles. The van der Waals surface area contributed by atoms with Crippen molar-refractivity contribution in [2.75, 3.05) is 29.2 Å². The van der Waals surface area contributed by atoms with Crippen molar-refractivity contribution in [1.29, 1.82) is 0 Å². The molecule has 43 heavy (non-hydrogen) atoms. The Morgan fingerprint density at radius 1 is 1.33 bits per heavy atom. The van der Waals surface area contributed by atoms with Crippen LogP contribution < -0.4 is 16.4 Å². The number of fused-ring (bicyclic) bond motifs is 1. The van der Waals surface area contributed by atoms with Crippen LogP contribution in [-0.4, -0.2) is 84.1 Å². The van der Waals surface area contributed by atoms with E-state index in [4.69, 9.17) is 22.2 Å². The number of carboxylic acid groups (broad SMARTS) is 1. The lowest BCUT2D eigenvalue weighted by Gasteiger charge is -2.49. The molecule has 2 aliphatic heterocycles. The largest absolute Gasteiger partial charge is 0.477 e. The van der Waals surface area contributed by atoms with Crippen molar-refractivity contribution in [1.82, 2.24) is 25.4 Å². The lowest BCUT2D eigenvalue weighted by molar-refractivity contribution is -0.150. The van der Waals surface area contributed by atoms with Crippen LogP contribution in [0, 0.1) is 6.92 Å². The summed E-state index contributed by atoms with van der Waals surface area (Å²) < 4.78 is 0.695. The van der Waals surface area contributed by atoms with E-state index in [2.05, 4.69) is 31.0 Å². The summed E-state index contributed by atoms with van der Waals surface area (Å²) in [6.07, 6.45) is 0. The van der Waals surface area contributed by atoms with E-state index >= 15 is 0 Å². The van der Waals surface area contributed by atoms with E-state index in [0.29, 0.717) is 32.1 Å². The van der Waals surface area contributed by atoms with Gasteiger partial charge in [0.25, 0.3) is 17.7 Å². The van der Waals surface area contributed by atoms with E-state index in [1.807, 2.05) is 6.92 Å². The monoisotopic (exact) mass is 680 g/mol. The van der Waals surface area contributed by atoms with Gasteiger partial charge in [-0.25, -0.2) is 9.78 Å². The molecule has 19 heteroatoms. The van der Waals surface area contributed by atoms with Crippen molar-refractivity contribution in [3.05, 3.63) is 56.6 Å². The molecule has 5 N–H and O–H groups in total. The number of halogens is 1. The van der Waals surface area contributed by atoms with Gasteiger partial charge in [0, 0.05) is 27.6 Å². The zero-order valence-electron chi connectivity index (χ0n) is 22.0. The Morgan fingerprint density at radius 3 is 2.81 bits per heavy atom. The number of rotatable bonds is 11. The van der Waals surface area contributed by atoms with E-state index in [0.717, 1.165) is 16.3 Å². The number of nitrogens with zero attached hydrogens (tertiary/aromatic N) is 5. The molecule has 0 saturated carbocycles. The molecule has 1 unspecified atom stereocenters. The van der Waals surface area contributed by atoms with Crippen LogP contribution in [0.4, 0.5) is 10.8 Å². The zero-order chi connectivity index (χ0) is 30.7. The molecule has 0 bridgehead atoms. The lowest BCUT2D eigenvalue weighted by atomic mass is 10.0. The number of nitrogens with one attached hydrogen (secondary N) is 2. The molecule has 224 valence electrons. The number of hydrogen-bond acceptors (Lipinski definition) is 14. The van der Waals surface area contributed by atoms with Gasteiger partial charge >= 0.3 is 5.97 Å². The summed E-state index contributed by atoms with van der Waals surface area (Å²) in [6, 6.07) is 5.47. The second-order valence-electron chi connectivity index (χ2n) is 8.84. The summed E-state index contributed by atoms with van der Waals surface area (Å²) in [4.78, 5) is 61.3. The number of aromatic nitrogens is 3. The molecule has 1 fully saturated rings. The van der Waals surface area contributed by atoms with Gasteiger partial charge in [-0.05, 0) is 30.7 Å². The van der Waals surface area contributed by atoms with Gasteiger partial charge in [-0.1, -0.05) is 45.9 Å². The minimum Gasteiger partial charge on any atom is -0.477 e. The molecular weight excluding hydrogens is 660 g/mol. The zero-order valence-corrected chi connectivity index (χ0v) is 26.0. The topological polar surface area (TPSA) is 202 Å². The van der Waals surface area contributed by atoms with Gasteiger partial charge in [0.1, 0.15) is 27.8 Å². The van der Waals surface area contributed by atoms with Crippen LogP contribution in [0.1, 0.15) is 10.7 Å². The number of aliphatic carboxylic acids is 1. The summed E-state index contributed by atoms with van der Waals surface area (Å²) >= 11 is 11.1. The molecule has 14 nitrogen and oxygen atoms in total. The molecule has 2 atom stereocenters. The summed E-state index contributed by atoms with van der Waals surface area (Å²) in [5, 5.41) is 29.1. The number of thioether (sulfide) groups is 2. The number of carbonyl (C=O) groups is 4. The minimum atomic E-state index is -1.24. The van der Waals surface area contributed by atoms with Crippen LogP contribution in [0.2, 0.25) is 5.02 Å². The predicted octanol–water partition coefficient (Wildman–Crippen LogP) is 2.43. The molecule has 2 aromatic heterocycles. The molecule has 2 aliphatic rings. The maximum Gasteiger partial charge on any atom is 0.352 e. The number of hydrogen-bond donors (Lipinski definition) is 4. The quantitative estimate of drug-likeness (QED) is 0.0999. The molecule has 0 spiro atoms. The molecule has 3 amide bonds. The first kappa shape index (κ1) is 30.7. The molecule has 3 aromatic rings. The van der Waals surface area contributed by atoms with Gasteiger partial charge < -0.3 is 26.3 Å². The van der Waals surface area contributed by atoms with Crippen molar-refractivity contribution < 1.29 is 29.1 Å². The summed E-state index contributed by atoms with van der Waals surface area (Å²) in [5.41, 5.74) is 6.40. The van der Waals surface area contributed by atoms with Crippen LogP contribution in [0.15, 0.2) is 50.4 Å². The van der Waals surface area contributed by atoms with Crippen molar-refractivity contribution in [2.45, 2.75) is 22.7 Å². The second kappa shape index (κ2) is 13.3. The third-order valence-electron chi connectivity index (χ3n) is 5.85. The second-order valence-corrected chi connectivity index (χ2v) is 13.7. The average molecular weight is 681 g/mol. The number of nitrogen functional groups attached to an aromatic ring is 1. The lowest BCUT2D eigenvalue weighted by Crippen LogP contribution is -2.71. The average Bonchev–Trinajstić information content (AvgIpc) is 3.59.